The molecule has 1 aliphatic rings. The number of rotatable bonds is 6. The standard InChI is InChI=1S/C25H26O3S2/c1-3-28-24(27)23-20-13-19(18-11-9-16(2)10-12-18)14-21(26)22(20)25(30-23)29-15-17-7-5-4-6-8-17/h4-12,19,21,26H,3,13-15H2,1-2H3/t19-,21-/m0/s1. The largest absolute Gasteiger partial charge is 0.462 e. The lowest BCUT2D eigenvalue weighted by molar-refractivity contribution is 0.0530. The van der Waals surface area contributed by atoms with E-state index in [1.165, 1.54) is 28.0 Å². The Morgan fingerprint density at radius 1 is 1.17 bits per heavy atom. The summed E-state index contributed by atoms with van der Waals surface area (Å²) in [6.45, 7) is 4.25. The van der Waals surface area contributed by atoms with Crippen LogP contribution in [0.3, 0.4) is 0 Å². The molecule has 156 valence electrons. The zero-order valence-corrected chi connectivity index (χ0v) is 18.9. The molecule has 30 heavy (non-hydrogen) atoms. The monoisotopic (exact) mass is 438 g/mol. The number of aliphatic hydroxyl groups excluding tert-OH is 1. The van der Waals surface area contributed by atoms with Crippen molar-refractivity contribution in [3.63, 3.8) is 0 Å². The summed E-state index contributed by atoms with van der Waals surface area (Å²) in [6.07, 6.45) is 0.859. The van der Waals surface area contributed by atoms with Gasteiger partial charge < -0.3 is 9.84 Å². The van der Waals surface area contributed by atoms with Crippen molar-refractivity contribution in [1.29, 1.82) is 0 Å². The minimum Gasteiger partial charge on any atom is -0.462 e. The first-order chi connectivity index (χ1) is 14.6. The molecule has 1 heterocycles. The number of fused-ring (bicyclic) bond motifs is 1. The maximum Gasteiger partial charge on any atom is 0.348 e. The number of hydrogen-bond acceptors (Lipinski definition) is 5. The molecule has 1 aromatic heterocycles. The van der Waals surface area contributed by atoms with Crippen LogP contribution in [0.15, 0.2) is 58.8 Å². The van der Waals surface area contributed by atoms with Gasteiger partial charge in [0.2, 0.25) is 0 Å². The summed E-state index contributed by atoms with van der Waals surface area (Å²) < 4.78 is 6.38. The number of thiophene rings is 1. The maximum atomic E-state index is 12.7. The van der Waals surface area contributed by atoms with Crippen LogP contribution in [-0.4, -0.2) is 17.7 Å². The van der Waals surface area contributed by atoms with Crippen LogP contribution in [0.2, 0.25) is 0 Å². The van der Waals surface area contributed by atoms with Gasteiger partial charge in [-0.2, -0.15) is 0 Å². The van der Waals surface area contributed by atoms with Crippen molar-refractivity contribution in [2.24, 2.45) is 0 Å². The SMILES string of the molecule is CCOC(=O)c1sc(SCc2ccccc2)c2c1C[C@H](c1ccc(C)cc1)C[C@@H]2O. The van der Waals surface area contributed by atoms with Crippen LogP contribution in [0.4, 0.5) is 0 Å². The number of hydrogen-bond donors (Lipinski definition) is 1. The number of aryl methyl sites for hydroxylation is 1. The Morgan fingerprint density at radius 2 is 1.90 bits per heavy atom. The minimum atomic E-state index is -0.572. The zero-order chi connectivity index (χ0) is 21.1. The zero-order valence-electron chi connectivity index (χ0n) is 17.3. The lowest BCUT2D eigenvalue weighted by Crippen LogP contribution is -2.18. The Kier molecular flexibility index (Phi) is 6.61. The van der Waals surface area contributed by atoms with E-state index in [1.807, 2.05) is 25.1 Å². The van der Waals surface area contributed by atoms with Crippen molar-refractivity contribution in [2.45, 2.75) is 48.7 Å². The number of thioether (sulfide) groups is 1. The molecule has 5 heteroatoms. The fourth-order valence-corrected chi connectivity index (χ4v) is 6.58. The van der Waals surface area contributed by atoms with Gasteiger partial charge >= 0.3 is 5.97 Å². The molecule has 2 atom stereocenters. The predicted molar refractivity (Wildman–Crippen MR) is 123 cm³/mol. The summed E-state index contributed by atoms with van der Waals surface area (Å²) in [5, 5.41) is 11.1. The number of benzene rings is 2. The highest BCUT2D eigenvalue weighted by atomic mass is 32.2. The number of ether oxygens (including phenoxy) is 1. The summed E-state index contributed by atoms with van der Waals surface area (Å²) in [5.74, 6) is 0.731. The van der Waals surface area contributed by atoms with Crippen LogP contribution in [0.1, 0.15) is 62.9 Å². The van der Waals surface area contributed by atoms with Crippen LogP contribution in [0.5, 0.6) is 0 Å². The lowest BCUT2D eigenvalue weighted by atomic mass is 9.79. The van der Waals surface area contributed by atoms with Gasteiger partial charge in [0.25, 0.3) is 0 Å². The summed E-state index contributed by atoms with van der Waals surface area (Å²) in [4.78, 5) is 13.3. The average molecular weight is 439 g/mol. The molecule has 3 nitrogen and oxygen atoms in total. The van der Waals surface area contributed by atoms with Gasteiger partial charge in [0.1, 0.15) is 4.88 Å². The highest BCUT2D eigenvalue weighted by Crippen LogP contribution is 2.49. The van der Waals surface area contributed by atoms with Gasteiger partial charge in [-0.05, 0) is 49.3 Å². The van der Waals surface area contributed by atoms with Crippen molar-refractivity contribution >= 4 is 29.1 Å². The van der Waals surface area contributed by atoms with Gasteiger partial charge in [0.15, 0.2) is 0 Å². The van der Waals surface area contributed by atoms with Crippen LogP contribution < -0.4 is 0 Å². The van der Waals surface area contributed by atoms with Gasteiger partial charge in [0.05, 0.1) is 16.9 Å². The Bertz CT molecular complexity index is 1010. The molecule has 0 bridgehead atoms. The first-order valence-electron chi connectivity index (χ1n) is 10.3. The fourth-order valence-electron chi connectivity index (χ4n) is 4.00. The summed E-state index contributed by atoms with van der Waals surface area (Å²) >= 11 is 3.17. The van der Waals surface area contributed by atoms with E-state index in [9.17, 15) is 9.90 Å². The first kappa shape index (κ1) is 21.2. The molecule has 0 spiro atoms. The molecule has 0 saturated heterocycles. The third-order valence-electron chi connectivity index (χ3n) is 5.53. The summed E-state index contributed by atoms with van der Waals surface area (Å²) in [6, 6.07) is 18.8. The highest BCUT2D eigenvalue weighted by Gasteiger charge is 2.35. The number of carbonyl (C=O) groups excluding carboxylic acids is 1. The van der Waals surface area contributed by atoms with Crippen LogP contribution in [0, 0.1) is 6.92 Å². The molecule has 1 aliphatic carbocycles. The second-order valence-corrected chi connectivity index (χ2v) is 9.93. The normalized spacial score (nSPS) is 18.1. The van der Waals surface area contributed by atoms with Crippen LogP contribution >= 0.6 is 23.1 Å². The quantitative estimate of drug-likeness (QED) is 0.363. The van der Waals surface area contributed by atoms with Gasteiger partial charge in [-0.1, -0.05) is 60.2 Å². The van der Waals surface area contributed by atoms with Gasteiger partial charge in [-0.3, -0.25) is 0 Å². The topological polar surface area (TPSA) is 46.5 Å². The molecule has 0 saturated carbocycles. The molecular formula is C25H26O3S2. The molecule has 0 aliphatic heterocycles. The summed E-state index contributed by atoms with van der Waals surface area (Å²) in [5.41, 5.74) is 5.57. The van der Waals surface area contributed by atoms with Crippen LogP contribution in [-0.2, 0) is 16.9 Å². The fraction of sp³-hybridized carbons (Fsp3) is 0.320. The number of carbonyl (C=O) groups is 1. The van der Waals surface area contributed by atoms with E-state index in [1.54, 1.807) is 11.8 Å². The van der Waals surface area contributed by atoms with Crippen molar-refractivity contribution in [1.82, 2.24) is 0 Å². The predicted octanol–water partition coefficient (Wildman–Crippen LogP) is 6.29. The molecular weight excluding hydrogens is 412 g/mol. The highest BCUT2D eigenvalue weighted by molar-refractivity contribution is 8.00. The van der Waals surface area contributed by atoms with Crippen molar-refractivity contribution < 1.29 is 14.6 Å². The smallest absolute Gasteiger partial charge is 0.348 e. The van der Waals surface area contributed by atoms with Crippen molar-refractivity contribution in [3.05, 3.63) is 87.3 Å². The summed E-state index contributed by atoms with van der Waals surface area (Å²) in [7, 11) is 0. The van der Waals surface area contributed by atoms with E-state index in [-0.39, 0.29) is 11.9 Å². The second-order valence-electron chi connectivity index (χ2n) is 7.67. The van der Waals surface area contributed by atoms with E-state index in [4.69, 9.17) is 4.74 Å². The maximum absolute atomic E-state index is 12.7. The molecule has 0 unspecified atom stereocenters. The van der Waals surface area contributed by atoms with E-state index < -0.39 is 6.10 Å². The van der Waals surface area contributed by atoms with E-state index in [0.717, 1.165) is 27.5 Å². The molecule has 1 N–H and O–H groups in total. The van der Waals surface area contributed by atoms with Gasteiger partial charge in [-0.15, -0.1) is 23.1 Å². The minimum absolute atomic E-state index is 0.197. The molecule has 4 rings (SSSR count). The molecule has 3 aromatic rings. The van der Waals surface area contributed by atoms with Gasteiger partial charge in [-0.25, -0.2) is 4.79 Å². The van der Waals surface area contributed by atoms with E-state index >= 15 is 0 Å². The third kappa shape index (κ3) is 4.48. The second kappa shape index (κ2) is 9.38. The average Bonchev–Trinajstić information content (AvgIpc) is 3.13. The van der Waals surface area contributed by atoms with E-state index in [0.29, 0.717) is 17.9 Å². The molecule has 2 aromatic carbocycles. The van der Waals surface area contributed by atoms with E-state index in [2.05, 4.69) is 43.3 Å². The Morgan fingerprint density at radius 3 is 2.60 bits per heavy atom. The Labute approximate surface area is 186 Å². The number of esters is 1. The van der Waals surface area contributed by atoms with Gasteiger partial charge in [0, 0.05) is 11.3 Å². The van der Waals surface area contributed by atoms with Crippen molar-refractivity contribution in [2.75, 3.05) is 6.61 Å². The Balaban J connectivity index is 1.66. The lowest BCUT2D eigenvalue weighted by Gasteiger charge is -2.28. The Hall–Kier alpha value is -2.08. The third-order valence-corrected chi connectivity index (χ3v) is 8.11. The number of aliphatic hydroxyl groups is 1. The first-order valence-corrected chi connectivity index (χ1v) is 12.1. The van der Waals surface area contributed by atoms with Crippen molar-refractivity contribution in [3.8, 4) is 0 Å². The molecule has 0 amide bonds. The molecule has 0 radical (unpaired) electrons. The van der Waals surface area contributed by atoms with Crippen LogP contribution in [0.25, 0.3) is 0 Å². The molecule has 0 fully saturated rings.